The third kappa shape index (κ3) is 8.86. The highest BCUT2D eigenvalue weighted by Gasteiger charge is 2.08. The smallest absolute Gasteiger partial charge is 0.0110 e. The zero-order valence-corrected chi connectivity index (χ0v) is 13.4. The summed E-state index contributed by atoms with van der Waals surface area (Å²) in [5.41, 5.74) is 0. The molecule has 0 radical (unpaired) electrons. The van der Waals surface area contributed by atoms with Gasteiger partial charge in [-0.15, -0.1) is 0 Å². The van der Waals surface area contributed by atoms with Crippen LogP contribution in [0, 0.1) is 0 Å². The Kier molecular flexibility index (Phi) is 10.6. The second-order valence-electron chi connectivity index (χ2n) is 5.42. The first-order chi connectivity index (χ1) is 8.51. The lowest BCUT2D eigenvalue weighted by Crippen LogP contribution is -2.42. The average Bonchev–Trinajstić information content (AvgIpc) is 2.36. The van der Waals surface area contributed by atoms with Crippen LogP contribution >= 0.6 is 0 Å². The highest BCUT2D eigenvalue weighted by atomic mass is 15.2. The Bertz CT molecular complexity index is 185. The van der Waals surface area contributed by atoms with Crippen LogP contribution in [0.5, 0.6) is 0 Å². The minimum absolute atomic E-state index is 0.634. The van der Waals surface area contributed by atoms with Crippen molar-refractivity contribution in [2.24, 2.45) is 0 Å². The maximum atomic E-state index is 3.24. The molecule has 0 spiro atoms. The molecule has 0 aromatic carbocycles. The van der Waals surface area contributed by atoms with Gasteiger partial charge in [-0.3, -0.25) is 4.90 Å². The Balaban J connectivity index is 3.97. The van der Waals surface area contributed by atoms with E-state index in [4.69, 9.17) is 0 Å². The molecule has 0 fully saturated rings. The van der Waals surface area contributed by atoms with E-state index in [1.807, 2.05) is 7.05 Å². The number of likely N-dealkylation sites (N-methyl/N-ethyl adjacent to an activating group) is 3. The summed E-state index contributed by atoms with van der Waals surface area (Å²) < 4.78 is 0. The van der Waals surface area contributed by atoms with E-state index in [1.54, 1.807) is 0 Å². The molecule has 0 heterocycles. The molecule has 4 nitrogen and oxygen atoms in total. The van der Waals surface area contributed by atoms with Gasteiger partial charge in [0.2, 0.25) is 0 Å². The van der Waals surface area contributed by atoms with Crippen LogP contribution in [0.1, 0.15) is 20.8 Å². The summed E-state index contributed by atoms with van der Waals surface area (Å²) in [6.45, 7) is 14.7. The molecular weight excluding hydrogens is 224 g/mol. The van der Waals surface area contributed by atoms with Crippen molar-refractivity contribution in [2.75, 3.05) is 67.0 Å². The molecule has 18 heavy (non-hydrogen) atoms. The number of rotatable bonds is 11. The molecule has 0 aromatic rings. The summed E-state index contributed by atoms with van der Waals surface area (Å²) in [6, 6.07) is 0.634. The SMILES string of the molecule is CCN(C)CCN(CCNC)CCN(C)C(C)C. The van der Waals surface area contributed by atoms with Crippen LogP contribution in [0.2, 0.25) is 0 Å². The zero-order valence-electron chi connectivity index (χ0n) is 13.4. The van der Waals surface area contributed by atoms with Crippen molar-refractivity contribution in [2.45, 2.75) is 26.8 Å². The van der Waals surface area contributed by atoms with Crippen molar-refractivity contribution in [1.29, 1.82) is 0 Å². The third-order valence-corrected chi connectivity index (χ3v) is 3.67. The van der Waals surface area contributed by atoms with Crippen LogP contribution in [0.4, 0.5) is 0 Å². The normalized spacial score (nSPS) is 12.3. The molecule has 0 saturated heterocycles. The van der Waals surface area contributed by atoms with E-state index in [0.717, 1.165) is 45.8 Å². The van der Waals surface area contributed by atoms with E-state index in [-0.39, 0.29) is 0 Å². The van der Waals surface area contributed by atoms with Crippen molar-refractivity contribution in [1.82, 2.24) is 20.0 Å². The molecule has 0 saturated carbocycles. The van der Waals surface area contributed by atoms with Gasteiger partial charge in [-0.1, -0.05) is 6.92 Å². The van der Waals surface area contributed by atoms with Crippen molar-refractivity contribution in [3.63, 3.8) is 0 Å². The molecular formula is C14H34N4. The second-order valence-corrected chi connectivity index (χ2v) is 5.42. The topological polar surface area (TPSA) is 21.8 Å². The second kappa shape index (κ2) is 10.7. The van der Waals surface area contributed by atoms with Crippen LogP contribution in [0.3, 0.4) is 0 Å². The molecule has 0 unspecified atom stereocenters. The van der Waals surface area contributed by atoms with Crippen LogP contribution < -0.4 is 5.32 Å². The zero-order chi connectivity index (χ0) is 14.0. The molecule has 0 aromatic heterocycles. The summed E-state index contributed by atoms with van der Waals surface area (Å²) in [5.74, 6) is 0. The number of hydrogen-bond acceptors (Lipinski definition) is 4. The van der Waals surface area contributed by atoms with E-state index in [1.165, 1.54) is 0 Å². The quantitative estimate of drug-likeness (QED) is 0.592. The van der Waals surface area contributed by atoms with Crippen LogP contribution in [-0.4, -0.2) is 87.7 Å². The van der Waals surface area contributed by atoms with Crippen LogP contribution in [-0.2, 0) is 0 Å². The van der Waals surface area contributed by atoms with Crippen molar-refractivity contribution >= 4 is 0 Å². The lowest BCUT2D eigenvalue weighted by atomic mass is 10.3. The monoisotopic (exact) mass is 258 g/mol. The van der Waals surface area contributed by atoms with Gasteiger partial charge < -0.3 is 15.1 Å². The Morgan fingerprint density at radius 2 is 1.56 bits per heavy atom. The van der Waals surface area contributed by atoms with Gasteiger partial charge in [-0.05, 0) is 41.5 Å². The van der Waals surface area contributed by atoms with Gasteiger partial charge in [0.15, 0.2) is 0 Å². The van der Waals surface area contributed by atoms with Gasteiger partial charge in [-0.25, -0.2) is 0 Å². The van der Waals surface area contributed by atoms with Crippen LogP contribution in [0.15, 0.2) is 0 Å². The first kappa shape index (κ1) is 17.8. The largest absolute Gasteiger partial charge is 0.318 e. The van der Waals surface area contributed by atoms with Gasteiger partial charge in [0, 0.05) is 45.3 Å². The fourth-order valence-corrected chi connectivity index (χ4v) is 1.63. The van der Waals surface area contributed by atoms with E-state index in [9.17, 15) is 0 Å². The first-order valence-corrected chi connectivity index (χ1v) is 7.27. The average molecular weight is 258 g/mol. The molecule has 0 rings (SSSR count). The lowest BCUT2D eigenvalue weighted by Gasteiger charge is -2.28. The highest BCUT2D eigenvalue weighted by Crippen LogP contribution is 1.96. The predicted octanol–water partition coefficient (Wildman–Crippen LogP) is 0.800. The van der Waals surface area contributed by atoms with Gasteiger partial charge in [-0.2, -0.15) is 0 Å². The fraction of sp³-hybridized carbons (Fsp3) is 1.00. The minimum Gasteiger partial charge on any atom is -0.318 e. The summed E-state index contributed by atoms with van der Waals surface area (Å²) >= 11 is 0. The summed E-state index contributed by atoms with van der Waals surface area (Å²) in [7, 11) is 6.42. The lowest BCUT2D eigenvalue weighted by molar-refractivity contribution is 0.187. The molecule has 110 valence electrons. The maximum Gasteiger partial charge on any atom is 0.0110 e. The Labute approximate surface area is 114 Å². The van der Waals surface area contributed by atoms with Crippen molar-refractivity contribution in [3.05, 3.63) is 0 Å². The van der Waals surface area contributed by atoms with Crippen LogP contribution in [0.25, 0.3) is 0 Å². The molecule has 0 aliphatic carbocycles. The summed E-state index contributed by atoms with van der Waals surface area (Å²) in [4.78, 5) is 7.34. The maximum absolute atomic E-state index is 3.24. The first-order valence-electron chi connectivity index (χ1n) is 7.27. The third-order valence-electron chi connectivity index (χ3n) is 3.67. The molecule has 0 amide bonds. The summed E-state index contributed by atoms with van der Waals surface area (Å²) in [5, 5.41) is 3.24. The molecule has 0 aliphatic rings. The van der Waals surface area contributed by atoms with E-state index < -0.39 is 0 Å². The molecule has 0 atom stereocenters. The van der Waals surface area contributed by atoms with E-state index in [0.29, 0.717) is 6.04 Å². The van der Waals surface area contributed by atoms with Crippen molar-refractivity contribution < 1.29 is 0 Å². The van der Waals surface area contributed by atoms with E-state index in [2.05, 4.69) is 54.9 Å². The van der Waals surface area contributed by atoms with Crippen molar-refractivity contribution in [3.8, 4) is 0 Å². The van der Waals surface area contributed by atoms with Gasteiger partial charge in [0.05, 0.1) is 0 Å². The number of hydrogen-bond donors (Lipinski definition) is 1. The fourth-order valence-electron chi connectivity index (χ4n) is 1.63. The predicted molar refractivity (Wildman–Crippen MR) is 81.3 cm³/mol. The Morgan fingerprint density at radius 3 is 2.06 bits per heavy atom. The Morgan fingerprint density at radius 1 is 0.944 bits per heavy atom. The van der Waals surface area contributed by atoms with Gasteiger partial charge in [0.25, 0.3) is 0 Å². The molecule has 0 aliphatic heterocycles. The van der Waals surface area contributed by atoms with E-state index >= 15 is 0 Å². The summed E-state index contributed by atoms with van der Waals surface area (Å²) in [6.07, 6.45) is 0. The molecule has 0 bridgehead atoms. The molecule has 1 N–H and O–H groups in total. The minimum atomic E-state index is 0.634. The van der Waals surface area contributed by atoms with Gasteiger partial charge >= 0.3 is 0 Å². The van der Waals surface area contributed by atoms with Gasteiger partial charge in [0.1, 0.15) is 0 Å². The number of nitrogens with one attached hydrogen (secondary N) is 1. The standard InChI is InChI=1S/C14H34N4/c1-7-16(5)10-12-18(9-8-15-4)13-11-17(6)14(2)3/h14-15H,7-13H2,1-6H3. The number of nitrogens with zero attached hydrogens (tertiary/aromatic N) is 3. The highest BCUT2D eigenvalue weighted by molar-refractivity contribution is 4.65. The molecule has 4 heteroatoms. The Hall–Kier alpha value is -0.160.